The molecule has 1 saturated heterocycles. The number of rotatable bonds is 5. The van der Waals surface area contributed by atoms with Crippen molar-refractivity contribution in [1.29, 1.82) is 0 Å². The van der Waals surface area contributed by atoms with E-state index in [2.05, 4.69) is 53.3 Å². The predicted octanol–water partition coefficient (Wildman–Crippen LogP) is 2.75. The van der Waals surface area contributed by atoms with E-state index in [9.17, 15) is 4.79 Å². The Bertz CT molecular complexity index is 684. The highest BCUT2D eigenvalue weighted by Crippen LogP contribution is 2.21. The summed E-state index contributed by atoms with van der Waals surface area (Å²) in [6, 6.07) is 12.4. The SMILES string of the molecule is CC(C)CN1CCNC(=O)C1Cc1cccc(-c2ccncc2)c1. The molecule has 2 heterocycles. The van der Waals surface area contributed by atoms with E-state index in [1.54, 1.807) is 12.4 Å². The molecule has 1 aliphatic rings. The molecule has 1 N–H and O–H groups in total. The number of hydrogen-bond acceptors (Lipinski definition) is 3. The lowest BCUT2D eigenvalue weighted by atomic mass is 9.97. The first kappa shape index (κ1) is 16.7. The van der Waals surface area contributed by atoms with E-state index in [0.717, 1.165) is 31.6 Å². The minimum atomic E-state index is -0.0751. The molecule has 126 valence electrons. The lowest BCUT2D eigenvalue weighted by Gasteiger charge is -2.36. The van der Waals surface area contributed by atoms with Crippen molar-refractivity contribution >= 4 is 5.91 Å². The fourth-order valence-corrected chi connectivity index (χ4v) is 3.32. The molecule has 0 radical (unpaired) electrons. The van der Waals surface area contributed by atoms with Gasteiger partial charge in [0.25, 0.3) is 0 Å². The third-order valence-electron chi connectivity index (χ3n) is 4.41. The van der Waals surface area contributed by atoms with Crippen molar-refractivity contribution in [1.82, 2.24) is 15.2 Å². The summed E-state index contributed by atoms with van der Waals surface area (Å²) < 4.78 is 0. The standard InChI is InChI=1S/C20H25N3O/c1-15(2)14-23-11-10-22-20(24)19(23)13-16-4-3-5-18(12-16)17-6-8-21-9-7-17/h3-9,12,15,19H,10-11,13-14H2,1-2H3,(H,22,24). The maximum absolute atomic E-state index is 12.4. The van der Waals surface area contributed by atoms with Crippen LogP contribution in [0, 0.1) is 5.92 Å². The van der Waals surface area contributed by atoms with Crippen molar-refractivity contribution in [3.05, 3.63) is 54.4 Å². The second kappa shape index (κ2) is 7.58. The average Bonchev–Trinajstić information content (AvgIpc) is 2.59. The number of nitrogens with zero attached hydrogens (tertiary/aromatic N) is 2. The molecule has 4 heteroatoms. The molecular formula is C20H25N3O. The smallest absolute Gasteiger partial charge is 0.237 e. The summed E-state index contributed by atoms with van der Waals surface area (Å²) in [4.78, 5) is 18.8. The maximum atomic E-state index is 12.4. The van der Waals surface area contributed by atoms with E-state index < -0.39 is 0 Å². The summed E-state index contributed by atoms with van der Waals surface area (Å²) >= 11 is 0. The quantitative estimate of drug-likeness (QED) is 0.920. The molecule has 2 aromatic rings. The molecule has 1 aromatic heterocycles. The first-order chi connectivity index (χ1) is 11.6. The van der Waals surface area contributed by atoms with Crippen LogP contribution < -0.4 is 5.32 Å². The van der Waals surface area contributed by atoms with Crippen LogP contribution in [0.2, 0.25) is 0 Å². The minimum Gasteiger partial charge on any atom is -0.353 e. The first-order valence-corrected chi connectivity index (χ1v) is 8.64. The van der Waals surface area contributed by atoms with Gasteiger partial charge in [0.05, 0.1) is 6.04 Å². The van der Waals surface area contributed by atoms with Crippen molar-refractivity contribution in [3.63, 3.8) is 0 Å². The van der Waals surface area contributed by atoms with Crippen molar-refractivity contribution in [2.45, 2.75) is 26.3 Å². The van der Waals surface area contributed by atoms with E-state index in [4.69, 9.17) is 0 Å². The predicted molar refractivity (Wildman–Crippen MR) is 96.6 cm³/mol. The third kappa shape index (κ3) is 4.01. The fraction of sp³-hybridized carbons (Fsp3) is 0.400. The molecule has 4 nitrogen and oxygen atoms in total. The molecule has 0 aliphatic carbocycles. The summed E-state index contributed by atoms with van der Waals surface area (Å²) in [5.74, 6) is 0.706. The highest BCUT2D eigenvalue weighted by atomic mass is 16.2. The van der Waals surface area contributed by atoms with E-state index in [1.165, 1.54) is 11.1 Å². The summed E-state index contributed by atoms with van der Waals surface area (Å²) in [6.45, 7) is 7.04. The van der Waals surface area contributed by atoms with Crippen LogP contribution in [0.1, 0.15) is 19.4 Å². The van der Waals surface area contributed by atoms with Crippen LogP contribution in [-0.4, -0.2) is 41.5 Å². The average molecular weight is 323 g/mol. The van der Waals surface area contributed by atoms with Gasteiger partial charge in [0, 0.05) is 32.0 Å². The van der Waals surface area contributed by atoms with Crippen LogP contribution in [0.25, 0.3) is 11.1 Å². The maximum Gasteiger partial charge on any atom is 0.237 e. The monoisotopic (exact) mass is 323 g/mol. The van der Waals surface area contributed by atoms with Gasteiger partial charge in [-0.1, -0.05) is 38.1 Å². The lowest BCUT2D eigenvalue weighted by molar-refractivity contribution is -0.129. The molecule has 1 unspecified atom stereocenters. The number of amides is 1. The van der Waals surface area contributed by atoms with Crippen molar-refractivity contribution in [3.8, 4) is 11.1 Å². The Morgan fingerprint density at radius 1 is 1.21 bits per heavy atom. The minimum absolute atomic E-state index is 0.0751. The van der Waals surface area contributed by atoms with Crippen molar-refractivity contribution < 1.29 is 4.79 Å². The van der Waals surface area contributed by atoms with Gasteiger partial charge in [-0.3, -0.25) is 14.7 Å². The number of benzene rings is 1. The molecule has 0 saturated carbocycles. The Labute approximate surface area is 143 Å². The Kier molecular flexibility index (Phi) is 5.26. The van der Waals surface area contributed by atoms with Crippen LogP contribution >= 0.6 is 0 Å². The lowest BCUT2D eigenvalue weighted by Crippen LogP contribution is -2.56. The van der Waals surface area contributed by atoms with Gasteiger partial charge in [-0.2, -0.15) is 0 Å². The number of piperazine rings is 1. The summed E-state index contributed by atoms with van der Waals surface area (Å²) in [5.41, 5.74) is 3.51. The van der Waals surface area contributed by atoms with Crippen LogP contribution in [0.5, 0.6) is 0 Å². The van der Waals surface area contributed by atoms with Gasteiger partial charge in [-0.25, -0.2) is 0 Å². The number of aromatic nitrogens is 1. The van der Waals surface area contributed by atoms with Gasteiger partial charge in [0.1, 0.15) is 0 Å². The largest absolute Gasteiger partial charge is 0.353 e. The van der Waals surface area contributed by atoms with Gasteiger partial charge < -0.3 is 5.32 Å². The van der Waals surface area contributed by atoms with E-state index >= 15 is 0 Å². The molecular weight excluding hydrogens is 298 g/mol. The van der Waals surface area contributed by atoms with Crippen molar-refractivity contribution in [2.24, 2.45) is 5.92 Å². The number of nitrogens with one attached hydrogen (secondary N) is 1. The van der Waals surface area contributed by atoms with E-state index in [0.29, 0.717) is 5.92 Å². The molecule has 1 aliphatic heterocycles. The topological polar surface area (TPSA) is 45.2 Å². The van der Waals surface area contributed by atoms with Crippen LogP contribution in [-0.2, 0) is 11.2 Å². The molecule has 1 amide bonds. The fourth-order valence-electron chi connectivity index (χ4n) is 3.32. The third-order valence-corrected chi connectivity index (χ3v) is 4.41. The normalized spacial score (nSPS) is 18.6. The van der Waals surface area contributed by atoms with Gasteiger partial charge in [0.2, 0.25) is 5.91 Å². The van der Waals surface area contributed by atoms with Gasteiger partial charge in [0.15, 0.2) is 0 Å². The second-order valence-electron chi connectivity index (χ2n) is 6.84. The number of carbonyl (C=O) groups is 1. The summed E-state index contributed by atoms with van der Waals surface area (Å²) in [6.07, 6.45) is 4.36. The Morgan fingerprint density at radius 3 is 2.75 bits per heavy atom. The Hall–Kier alpha value is -2.20. The first-order valence-electron chi connectivity index (χ1n) is 8.64. The molecule has 0 spiro atoms. The van der Waals surface area contributed by atoms with E-state index in [-0.39, 0.29) is 11.9 Å². The highest BCUT2D eigenvalue weighted by Gasteiger charge is 2.29. The van der Waals surface area contributed by atoms with Crippen LogP contribution in [0.15, 0.2) is 48.8 Å². The summed E-state index contributed by atoms with van der Waals surface area (Å²) in [7, 11) is 0. The second-order valence-corrected chi connectivity index (χ2v) is 6.84. The molecule has 1 fully saturated rings. The van der Waals surface area contributed by atoms with Crippen molar-refractivity contribution in [2.75, 3.05) is 19.6 Å². The highest BCUT2D eigenvalue weighted by molar-refractivity contribution is 5.83. The number of carbonyl (C=O) groups excluding carboxylic acids is 1. The van der Waals surface area contributed by atoms with Gasteiger partial charge >= 0.3 is 0 Å². The zero-order valence-electron chi connectivity index (χ0n) is 14.4. The van der Waals surface area contributed by atoms with Crippen LogP contribution in [0.4, 0.5) is 0 Å². The molecule has 1 aromatic carbocycles. The van der Waals surface area contributed by atoms with Crippen LogP contribution in [0.3, 0.4) is 0 Å². The van der Waals surface area contributed by atoms with E-state index in [1.807, 2.05) is 12.1 Å². The van der Waals surface area contributed by atoms with Gasteiger partial charge in [-0.05, 0) is 41.2 Å². The van der Waals surface area contributed by atoms with Gasteiger partial charge in [-0.15, -0.1) is 0 Å². The molecule has 24 heavy (non-hydrogen) atoms. The summed E-state index contributed by atoms with van der Waals surface area (Å²) in [5, 5.41) is 3.01. The number of pyridine rings is 1. The molecule has 0 bridgehead atoms. The Balaban J connectivity index is 1.80. The zero-order valence-corrected chi connectivity index (χ0v) is 14.4. The number of hydrogen-bond donors (Lipinski definition) is 1. The Morgan fingerprint density at radius 2 is 2.00 bits per heavy atom. The zero-order chi connectivity index (χ0) is 16.9. The molecule has 1 atom stereocenters. The molecule has 3 rings (SSSR count).